The number of rotatable bonds is 0. The Morgan fingerprint density at radius 3 is 2.56 bits per heavy atom. The maximum Gasteiger partial charge on any atom is 0.0383 e. The standard InChI is InChI=1S/C8H13N/c1-7-4-5-9(3)6-8(7)2/h4-5H,6H2,1-3H3. The Morgan fingerprint density at radius 1 is 1.44 bits per heavy atom. The molecule has 0 amide bonds. The van der Waals surface area contributed by atoms with Gasteiger partial charge in [-0.25, -0.2) is 0 Å². The van der Waals surface area contributed by atoms with Crippen LogP contribution >= 0.6 is 0 Å². The van der Waals surface area contributed by atoms with Crippen molar-refractivity contribution in [2.75, 3.05) is 13.6 Å². The van der Waals surface area contributed by atoms with Crippen LogP contribution in [-0.2, 0) is 0 Å². The van der Waals surface area contributed by atoms with Gasteiger partial charge < -0.3 is 4.90 Å². The van der Waals surface area contributed by atoms with Crippen molar-refractivity contribution in [3.8, 4) is 0 Å². The van der Waals surface area contributed by atoms with Gasteiger partial charge in [0.15, 0.2) is 0 Å². The molecule has 9 heavy (non-hydrogen) atoms. The summed E-state index contributed by atoms with van der Waals surface area (Å²) in [5, 5.41) is 0. The van der Waals surface area contributed by atoms with Crippen molar-refractivity contribution < 1.29 is 0 Å². The van der Waals surface area contributed by atoms with E-state index in [0.29, 0.717) is 0 Å². The highest BCUT2D eigenvalue weighted by Crippen LogP contribution is 2.11. The number of hydrogen-bond acceptors (Lipinski definition) is 1. The average molecular weight is 123 g/mol. The van der Waals surface area contributed by atoms with E-state index in [4.69, 9.17) is 0 Å². The van der Waals surface area contributed by atoms with Crippen LogP contribution in [0.4, 0.5) is 0 Å². The van der Waals surface area contributed by atoms with Crippen molar-refractivity contribution in [1.29, 1.82) is 0 Å². The second-order valence-electron chi connectivity index (χ2n) is 2.69. The summed E-state index contributed by atoms with van der Waals surface area (Å²) in [5.41, 5.74) is 2.88. The third kappa shape index (κ3) is 1.35. The van der Waals surface area contributed by atoms with Crippen LogP contribution in [0.2, 0.25) is 0 Å². The molecule has 0 saturated heterocycles. The van der Waals surface area contributed by atoms with Crippen LogP contribution in [-0.4, -0.2) is 18.5 Å². The molecule has 0 aromatic heterocycles. The van der Waals surface area contributed by atoms with Gasteiger partial charge in [-0.3, -0.25) is 0 Å². The van der Waals surface area contributed by atoms with Crippen molar-refractivity contribution in [2.45, 2.75) is 13.8 Å². The lowest BCUT2D eigenvalue weighted by molar-refractivity contribution is 0.487. The molecule has 1 nitrogen and oxygen atoms in total. The molecule has 1 rings (SSSR count). The van der Waals surface area contributed by atoms with Crippen LogP contribution in [0.25, 0.3) is 0 Å². The fourth-order valence-corrected chi connectivity index (χ4v) is 0.933. The Hall–Kier alpha value is -0.720. The highest BCUT2D eigenvalue weighted by atomic mass is 15.1. The predicted molar refractivity (Wildman–Crippen MR) is 40.1 cm³/mol. The summed E-state index contributed by atoms with van der Waals surface area (Å²) < 4.78 is 0. The largest absolute Gasteiger partial charge is 0.376 e. The van der Waals surface area contributed by atoms with E-state index >= 15 is 0 Å². The highest BCUT2D eigenvalue weighted by molar-refractivity contribution is 5.26. The van der Waals surface area contributed by atoms with E-state index in [2.05, 4.69) is 38.1 Å². The normalized spacial score (nSPS) is 19.2. The third-order valence-electron chi connectivity index (χ3n) is 1.74. The van der Waals surface area contributed by atoms with Gasteiger partial charge >= 0.3 is 0 Å². The first kappa shape index (κ1) is 6.40. The molecule has 0 bridgehead atoms. The first-order chi connectivity index (χ1) is 4.20. The second kappa shape index (κ2) is 2.26. The number of hydrogen-bond donors (Lipinski definition) is 0. The van der Waals surface area contributed by atoms with Gasteiger partial charge in [0.05, 0.1) is 0 Å². The van der Waals surface area contributed by atoms with E-state index in [1.54, 1.807) is 0 Å². The molecule has 0 N–H and O–H groups in total. The molecule has 0 radical (unpaired) electrons. The fraction of sp³-hybridized carbons (Fsp3) is 0.500. The van der Waals surface area contributed by atoms with E-state index in [1.165, 1.54) is 11.1 Å². The molecule has 1 aliphatic rings. The highest BCUT2D eigenvalue weighted by Gasteiger charge is 2.01. The van der Waals surface area contributed by atoms with E-state index in [1.807, 2.05) is 0 Å². The molecule has 1 heteroatoms. The van der Waals surface area contributed by atoms with Crippen molar-refractivity contribution in [2.24, 2.45) is 0 Å². The maximum atomic E-state index is 2.18. The van der Waals surface area contributed by atoms with Gasteiger partial charge in [0.1, 0.15) is 0 Å². The molecule has 1 heterocycles. The third-order valence-corrected chi connectivity index (χ3v) is 1.74. The van der Waals surface area contributed by atoms with Gasteiger partial charge in [-0.1, -0.05) is 5.57 Å². The molecule has 1 aliphatic heterocycles. The molecular formula is C8H13N. The van der Waals surface area contributed by atoms with Gasteiger partial charge in [-0.15, -0.1) is 0 Å². The van der Waals surface area contributed by atoms with Crippen LogP contribution < -0.4 is 0 Å². The quantitative estimate of drug-likeness (QED) is 0.474. The van der Waals surface area contributed by atoms with Crippen molar-refractivity contribution in [3.63, 3.8) is 0 Å². The smallest absolute Gasteiger partial charge is 0.0383 e. The molecule has 0 saturated carbocycles. The summed E-state index contributed by atoms with van der Waals surface area (Å²) in [7, 11) is 2.09. The minimum absolute atomic E-state index is 1.09. The topological polar surface area (TPSA) is 3.24 Å². The number of nitrogens with zero attached hydrogens (tertiary/aromatic N) is 1. The van der Waals surface area contributed by atoms with Crippen molar-refractivity contribution in [1.82, 2.24) is 4.90 Å². The molecule has 0 fully saturated rings. The maximum absolute atomic E-state index is 2.18. The minimum Gasteiger partial charge on any atom is -0.376 e. The first-order valence-corrected chi connectivity index (χ1v) is 3.25. The molecule has 0 unspecified atom stereocenters. The minimum atomic E-state index is 1.09. The van der Waals surface area contributed by atoms with Crippen molar-refractivity contribution in [3.05, 3.63) is 23.4 Å². The van der Waals surface area contributed by atoms with E-state index in [9.17, 15) is 0 Å². The Labute approximate surface area is 56.7 Å². The van der Waals surface area contributed by atoms with Crippen LogP contribution in [0.15, 0.2) is 23.4 Å². The molecule has 0 atom stereocenters. The molecule has 0 aliphatic carbocycles. The molecular weight excluding hydrogens is 110 g/mol. The lowest BCUT2D eigenvalue weighted by Gasteiger charge is -2.19. The van der Waals surface area contributed by atoms with Crippen LogP contribution in [0.1, 0.15) is 13.8 Å². The fourth-order valence-electron chi connectivity index (χ4n) is 0.933. The zero-order valence-corrected chi connectivity index (χ0v) is 6.31. The zero-order chi connectivity index (χ0) is 6.85. The van der Waals surface area contributed by atoms with Gasteiger partial charge in [-0.05, 0) is 31.7 Å². The lowest BCUT2D eigenvalue weighted by Crippen LogP contribution is -2.16. The van der Waals surface area contributed by atoms with E-state index in [-0.39, 0.29) is 0 Å². The molecule has 50 valence electrons. The lowest BCUT2D eigenvalue weighted by atomic mass is 10.1. The summed E-state index contributed by atoms with van der Waals surface area (Å²) in [6.45, 7) is 5.41. The Bertz CT molecular complexity index is 165. The van der Waals surface area contributed by atoms with E-state index < -0.39 is 0 Å². The Morgan fingerprint density at radius 2 is 2.11 bits per heavy atom. The summed E-state index contributed by atoms with van der Waals surface area (Å²) in [4.78, 5) is 2.18. The van der Waals surface area contributed by atoms with Gasteiger partial charge in [0, 0.05) is 13.6 Å². The molecule has 0 spiro atoms. The summed E-state index contributed by atoms with van der Waals surface area (Å²) in [6, 6.07) is 0. The number of likely N-dealkylation sites (N-methyl/N-ethyl adjacent to an activating group) is 1. The second-order valence-corrected chi connectivity index (χ2v) is 2.69. The number of allylic oxidation sites excluding steroid dienone is 2. The predicted octanol–water partition coefficient (Wildman–Crippen LogP) is 1.78. The monoisotopic (exact) mass is 123 g/mol. The SMILES string of the molecule is CC1=C(C)CN(C)C=C1. The van der Waals surface area contributed by atoms with Crippen molar-refractivity contribution >= 4 is 0 Å². The molecule has 0 aromatic rings. The van der Waals surface area contributed by atoms with E-state index in [0.717, 1.165) is 6.54 Å². The molecule has 0 aromatic carbocycles. The van der Waals surface area contributed by atoms with Crippen LogP contribution in [0.5, 0.6) is 0 Å². The van der Waals surface area contributed by atoms with Gasteiger partial charge in [0.2, 0.25) is 0 Å². The summed E-state index contributed by atoms with van der Waals surface area (Å²) >= 11 is 0. The first-order valence-electron chi connectivity index (χ1n) is 3.25. The van der Waals surface area contributed by atoms with Gasteiger partial charge in [0.25, 0.3) is 0 Å². The average Bonchev–Trinajstić information content (AvgIpc) is 1.80. The van der Waals surface area contributed by atoms with Crippen LogP contribution in [0, 0.1) is 0 Å². The summed E-state index contributed by atoms with van der Waals surface area (Å²) in [6.07, 6.45) is 4.27. The Kier molecular flexibility index (Phi) is 1.60. The Balaban J connectivity index is 2.75. The summed E-state index contributed by atoms with van der Waals surface area (Å²) in [5.74, 6) is 0. The van der Waals surface area contributed by atoms with Crippen LogP contribution in [0.3, 0.4) is 0 Å². The van der Waals surface area contributed by atoms with Gasteiger partial charge in [-0.2, -0.15) is 0 Å². The zero-order valence-electron chi connectivity index (χ0n) is 6.31.